The van der Waals surface area contributed by atoms with Gasteiger partial charge in [0, 0.05) is 0 Å². The van der Waals surface area contributed by atoms with E-state index >= 15 is 0 Å². The number of benzene rings is 1. The molecule has 0 saturated carbocycles. The molecular formula is C15H10F2O4. The van der Waals surface area contributed by atoms with E-state index in [0.29, 0.717) is 0 Å². The van der Waals surface area contributed by atoms with Crippen LogP contribution >= 0.6 is 0 Å². The van der Waals surface area contributed by atoms with Gasteiger partial charge in [-0.15, -0.1) is 0 Å². The Labute approximate surface area is 118 Å². The van der Waals surface area contributed by atoms with Gasteiger partial charge < -0.3 is 10.2 Å². The van der Waals surface area contributed by atoms with Crippen LogP contribution in [-0.2, 0) is 4.79 Å². The molecule has 21 heavy (non-hydrogen) atoms. The smallest absolute Gasteiger partial charge is 0.186 e. The fourth-order valence-electron chi connectivity index (χ4n) is 2.86. The van der Waals surface area contributed by atoms with Crippen LogP contribution in [0.15, 0.2) is 29.9 Å². The molecule has 3 rings (SSSR count). The van der Waals surface area contributed by atoms with Crippen LogP contribution < -0.4 is 0 Å². The fourth-order valence-corrected chi connectivity index (χ4v) is 2.86. The summed E-state index contributed by atoms with van der Waals surface area (Å²) in [5.74, 6) is -4.49. The number of hydrogen-bond donors (Lipinski definition) is 2. The van der Waals surface area contributed by atoms with Gasteiger partial charge in [-0.1, -0.05) is 6.08 Å². The molecule has 0 saturated heterocycles. The van der Waals surface area contributed by atoms with Gasteiger partial charge >= 0.3 is 0 Å². The molecule has 0 radical (unpaired) electrons. The first-order valence-electron chi connectivity index (χ1n) is 6.17. The van der Waals surface area contributed by atoms with Gasteiger partial charge in [0.25, 0.3) is 0 Å². The van der Waals surface area contributed by atoms with Gasteiger partial charge in [-0.3, -0.25) is 9.59 Å². The molecule has 0 bridgehead atoms. The first-order chi connectivity index (χ1) is 9.80. The van der Waals surface area contributed by atoms with Crippen molar-refractivity contribution in [1.82, 2.24) is 0 Å². The highest BCUT2D eigenvalue weighted by molar-refractivity contribution is 6.22. The Morgan fingerprint density at radius 3 is 2.33 bits per heavy atom. The van der Waals surface area contributed by atoms with E-state index in [-0.39, 0.29) is 0 Å². The van der Waals surface area contributed by atoms with Crippen LogP contribution in [0.25, 0.3) is 5.76 Å². The standard InChI is InChI=1S/C15H10F2O4/c1-15-9(19)5-4-8(18)12(15)13(20)10-6(16)2-3-7(17)11(10)14(15)21/h2-5,9,19-20H,1H3. The van der Waals surface area contributed by atoms with Crippen molar-refractivity contribution in [2.75, 3.05) is 0 Å². The maximum Gasteiger partial charge on any atom is 0.186 e. The highest BCUT2D eigenvalue weighted by Gasteiger charge is 2.54. The topological polar surface area (TPSA) is 74.6 Å². The molecule has 0 fully saturated rings. The average molecular weight is 292 g/mol. The summed E-state index contributed by atoms with van der Waals surface area (Å²) in [7, 11) is 0. The number of allylic oxidation sites excluding steroid dienone is 1. The summed E-state index contributed by atoms with van der Waals surface area (Å²) in [6, 6.07) is 1.53. The third-order valence-corrected chi connectivity index (χ3v) is 4.06. The Bertz CT molecular complexity index is 763. The van der Waals surface area contributed by atoms with E-state index in [0.717, 1.165) is 24.3 Å². The second-order valence-electron chi connectivity index (χ2n) is 5.20. The van der Waals surface area contributed by atoms with Gasteiger partial charge in [0.1, 0.15) is 17.4 Å². The van der Waals surface area contributed by atoms with Crippen LogP contribution in [0.3, 0.4) is 0 Å². The van der Waals surface area contributed by atoms with Gasteiger partial charge in [0.2, 0.25) is 0 Å². The highest BCUT2D eigenvalue weighted by Crippen LogP contribution is 2.47. The Morgan fingerprint density at radius 1 is 1.14 bits per heavy atom. The number of ketones is 2. The van der Waals surface area contributed by atoms with Crippen molar-refractivity contribution in [1.29, 1.82) is 0 Å². The van der Waals surface area contributed by atoms with Crippen LogP contribution in [0.2, 0.25) is 0 Å². The second kappa shape index (κ2) is 4.08. The number of aliphatic hydroxyl groups is 2. The van der Waals surface area contributed by atoms with Gasteiger partial charge in [-0.25, -0.2) is 8.78 Å². The molecule has 2 aliphatic rings. The van der Waals surface area contributed by atoms with E-state index in [4.69, 9.17) is 0 Å². The molecule has 1 aromatic rings. The van der Waals surface area contributed by atoms with Gasteiger partial charge in [0.15, 0.2) is 11.6 Å². The number of carbonyl (C=O) groups excluding carboxylic acids is 2. The average Bonchev–Trinajstić information content (AvgIpc) is 2.43. The van der Waals surface area contributed by atoms with Crippen molar-refractivity contribution >= 4 is 17.3 Å². The minimum absolute atomic E-state index is 0.417. The molecule has 108 valence electrons. The normalized spacial score (nSPS) is 27.7. The van der Waals surface area contributed by atoms with E-state index in [1.807, 2.05) is 0 Å². The van der Waals surface area contributed by atoms with E-state index in [1.54, 1.807) is 0 Å². The van der Waals surface area contributed by atoms with E-state index < -0.39 is 57.2 Å². The largest absolute Gasteiger partial charge is 0.507 e. The lowest BCUT2D eigenvalue weighted by Gasteiger charge is -2.39. The molecule has 2 N–H and O–H groups in total. The number of Topliss-reactive ketones (excluding diaryl/α,β-unsaturated/α-hetero) is 1. The van der Waals surface area contributed by atoms with Crippen molar-refractivity contribution in [2.45, 2.75) is 13.0 Å². The second-order valence-corrected chi connectivity index (χ2v) is 5.20. The molecule has 0 amide bonds. The molecule has 0 aromatic heterocycles. The van der Waals surface area contributed by atoms with E-state index in [9.17, 15) is 28.6 Å². The summed E-state index contributed by atoms with van der Waals surface area (Å²) in [6.45, 7) is 1.22. The Hall–Kier alpha value is -2.34. The summed E-state index contributed by atoms with van der Waals surface area (Å²) in [6.07, 6.45) is 0.669. The summed E-state index contributed by atoms with van der Waals surface area (Å²) in [4.78, 5) is 24.5. The molecule has 2 unspecified atom stereocenters. The minimum Gasteiger partial charge on any atom is -0.507 e. The molecule has 0 heterocycles. The quantitative estimate of drug-likeness (QED) is 0.766. The number of fused-ring (bicyclic) bond motifs is 2. The summed E-state index contributed by atoms with van der Waals surface area (Å²) in [5.41, 5.74) is -3.54. The van der Waals surface area contributed by atoms with Gasteiger partial charge in [-0.2, -0.15) is 0 Å². The van der Waals surface area contributed by atoms with E-state index in [2.05, 4.69) is 0 Å². The zero-order chi connectivity index (χ0) is 15.5. The summed E-state index contributed by atoms with van der Waals surface area (Å²) in [5, 5.41) is 20.2. The van der Waals surface area contributed by atoms with Crippen molar-refractivity contribution in [3.63, 3.8) is 0 Å². The van der Waals surface area contributed by atoms with Crippen molar-refractivity contribution in [3.8, 4) is 0 Å². The molecule has 4 nitrogen and oxygen atoms in total. The molecule has 0 aliphatic heterocycles. The monoisotopic (exact) mass is 292 g/mol. The first kappa shape index (κ1) is 13.6. The number of hydrogen-bond acceptors (Lipinski definition) is 4. The zero-order valence-electron chi connectivity index (χ0n) is 10.9. The zero-order valence-corrected chi connectivity index (χ0v) is 10.9. The maximum absolute atomic E-state index is 13.9. The predicted octanol–water partition coefficient (Wildman–Crippen LogP) is 1.94. The van der Waals surface area contributed by atoms with Gasteiger partial charge in [0.05, 0.1) is 28.2 Å². The number of halogens is 2. The van der Waals surface area contributed by atoms with Gasteiger partial charge in [-0.05, 0) is 25.1 Å². The molecule has 0 spiro atoms. The lowest BCUT2D eigenvalue weighted by Crippen LogP contribution is -2.48. The van der Waals surface area contributed by atoms with Crippen molar-refractivity contribution in [3.05, 3.63) is 52.6 Å². The van der Waals surface area contributed by atoms with Crippen molar-refractivity contribution in [2.24, 2.45) is 5.41 Å². The number of carbonyl (C=O) groups is 2. The third-order valence-electron chi connectivity index (χ3n) is 4.06. The highest BCUT2D eigenvalue weighted by atomic mass is 19.1. The first-order valence-corrected chi connectivity index (χ1v) is 6.17. The Morgan fingerprint density at radius 2 is 1.71 bits per heavy atom. The van der Waals surface area contributed by atoms with Crippen LogP contribution in [0, 0.1) is 17.0 Å². The van der Waals surface area contributed by atoms with Crippen LogP contribution in [0.5, 0.6) is 0 Å². The summed E-state index contributed by atoms with van der Waals surface area (Å²) < 4.78 is 27.8. The van der Waals surface area contributed by atoms with Crippen molar-refractivity contribution < 1.29 is 28.6 Å². The molecule has 6 heteroatoms. The number of rotatable bonds is 0. The third kappa shape index (κ3) is 1.50. The van der Waals surface area contributed by atoms with E-state index in [1.165, 1.54) is 6.92 Å². The lowest BCUT2D eigenvalue weighted by molar-refractivity contribution is -0.113. The SMILES string of the molecule is CC12C(=O)c3c(F)ccc(F)c3C(O)=C1C(=O)C=CC2O. The maximum atomic E-state index is 13.9. The molecule has 1 aromatic carbocycles. The molecule has 2 aliphatic carbocycles. The fraction of sp³-hybridized carbons (Fsp3) is 0.200. The van der Waals surface area contributed by atoms with Crippen LogP contribution in [0.1, 0.15) is 22.8 Å². The molecule has 2 atom stereocenters. The minimum atomic E-state index is -1.84. The molecular weight excluding hydrogens is 282 g/mol. The lowest BCUT2D eigenvalue weighted by atomic mass is 9.63. The Balaban J connectivity index is 2.47. The van der Waals surface area contributed by atoms with Crippen LogP contribution in [0.4, 0.5) is 8.78 Å². The predicted molar refractivity (Wildman–Crippen MR) is 68.5 cm³/mol. The van der Waals surface area contributed by atoms with Crippen LogP contribution in [-0.4, -0.2) is 27.9 Å². The number of aliphatic hydroxyl groups excluding tert-OH is 2. The Kier molecular flexibility index (Phi) is 2.65. The summed E-state index contributed by atoms with van der Waals surface area (Å²) >= 11 is 0.